The molecule has 2 aliphatic heterocycles. The van der Waals surface area contributed by atoms with E-state index in [0.717, 1.165) is 30.2 Å². The van der Waals surface area contributed by atoms with Gasteiger partial charge in [-0.05, 0) is 49.8 Å². The van der Waals surface area contributed by atoms with Crippen molar-refractivity contribution < 1.29 is 9.53 Å². The van der Waals surface area contributed by atoms with Gasteiger partial charge in [0, 0.05) is 10.4 Å². The molecule has 0 bridgehead atoms. The van der Waals surface area contributed by atoms with Crippen LogP contribution in [-0.2, 0) is 16.0 Å². The van der Waals surface area contributed by atoms with E-state index in [1.165, 1.54) is 5.56 Å². The third-order valence-corrected chi connectivity index (χ3v) is 7.16. The smallest absolute Gasteiger partial charge is 0.232 e. The maximum Gasteiger partial charge on any atom is 0.232 e. The van der Waals surface area contributed by atoms with Crippen molar-refractivity contribution >= 4 is 21.8 Å². The van der Waals surface area contributed by atoms with E-state index in [-0.39, 0.29) is 11.5 Å². The van der Waals surface area contributed by atoms with Crippen LogP contribution < -0.4 is 0 Å². The van der Waals surface area contributed by atoms with Gasteiger partial charge in [0.2, 0.25) is 5.91 Å². The summed E-state index contributed by atoms with van der Waals surface area (Å²) in [5, 5.41) is 0. The molecule has 0 spiro atoms. The summed E-state index contributed by atoms with van der Waals surface area (Å²) in [5.41, 5.74) is 0.581. The standard InChI is InChI=1S/C20H26BrNO2/c1-13(2)16-12-24-19(3)17-5-4-10-20(17,18(23)22(16)19)11-14-6-8-15(21)9-7-14/h6-9,13,16-17H,4-5,10-12H2,1-3H3/t16-,17-,19-,20-/m1/s1. The molecule has 2 saturated heterocycles. The van der Waals surface area contributed by atoms with Crippen LogP contribution >= 0.6 is 15.9 Å². The average Bonchev–Trinajstić information content (AvgIpc) is 3.15. The van der Waals surface area contributed by atoms with Crippen LogP contribution in [0.5, 0.6) is 0 Å². The third-order valence-electron chi connectivity index (χ3n) is 6.63. The molecular formula is C20H26BrNO2. The molecule has 3 aliphatic rings. The molecule has 4 atom stereocenters. The monoisotopic (exact) mass is 391 g/mol. The Morgan fingerprint density at radius 2 is 2.04 bits per heavy atom. The molecule has 1 aliphatic carbocycles. The molecule has 0 radical (unpaired) electrons. The topological polar surface area (TPSA) is 29.5 Å². The molecule has 0 aromatic heterocycles. The summed E-state index contributed by atoms with van der Waals surface area (Å²) in [4.78, 5) is 15.7. The number of carbonyl (C=O) groups is 1. The minimum atomic E-state index is -0.405. The molecule has 4 heteroatoms. The lowest BCUT2D eigenvalue weighted by molar-refractivity contribution is -0.143. The van der Waals surface area contributed by atoms with E-state index in [4.69, 9.17) is 4.74 Å². The zero-order chi connectivity index (χ0) is 17.1. The second-order valence-corrected chi connectivity index (χ2v) is 9.17. The van der Waals surface area contributed by atoms with Crippen LogP contribution in [0.3, 0.4) is 0 Å². The summed E-state index contributed by atoms with van der Waals surface area (Å²) in [6, 6.07) is 8.66. The SMILES string of the molecule is CC(C)[C@H]1CO[C@]2(C)[C@H]3CCC[C@]3(Cc3ccc(Br)cc3)C(=O)N12. The van der Waals surface area contributed by atoms with Crippen molar-refractivity contribution in [1.82, 2.24) is 4.90 Å². The van der Waals surface area contributed by atoms with E-state index in [0.29, 0.717) is 24.3 Å². The fourth-order valence-electron chi connectivity index (χ4n) is 5.44. The van der Waals surface area contributed by atoms with Crippen LogP contribution in [0.15, 0.2) is 28.7 Å². The van der Waals surface area contributed by atoms with Gasteiger partial charge in [-0.25, -0.2) is 0 Å². The van der Waals surface area contributed by atoms with Gasteiger partial charge in [0.25, 0.3) is 0 Å². The Morgan fingerprint density at radius 1 is 1.33 bits per heavy atom. The van der Waals surface area contributed by atoms with Gasteiger partial charge in [0.1, 0.15) is 5.72 Å². The summed E-state index contributed by atoms with van der Waals surface area (Å²) in [5.74, 6) is 1.08. The molecule has 4 rings (SSSR count). The second-order valence-electron chi connectivity index (χ2n) is 8.26. The zero-order valence-electron chi connectivity index (χ0n) is 14.7. The Balaban J connectivity index is 1.72. The van der Waals surface area contributed by atoms with E-state index in [1.807, 2.05) is 0 Å². The number of fused-ring (bicyclic) bond motifs is 3. The third kappa shape index (κ3) is 2.15. The minimum Gasteiger partial charge on any atom is -0.353 e. The van der Waals surface area contributed by atoms with Crippen LogP contribution in [0.25, 0.3) is 0 Å². The van der Waals surface area contributed by atoms with Crippen molar-refractivity contribution in [2.24, 2.45) is 17.3 Å². The maximum atomic E-state index is 13.6. The fourth-order valence-corrected chi connectivity index (χ4v) is 5.71. The van der Waals surface area contributed by atoms with E-state index < -0.39 is 5.72 Å². The van der Waals surface area contributed by atoms with Gasteiger partial charge in [-0.2, -0.15) is 0 Å². The minimum absolute atomic E-state index is 0.217. The first kappa shape index (κ1) is 16.6. The molecule has 1 saturated carbocycles. The summed E-state index contributed by atoms with van der Waals surface area (Å²) >= 11 is 3.50. The predicted octanol–water partition coefficient (Wildman–Crippen LogP) is 4.39. The molecule has 3 nitrogen and oxygen atoms in total. The number of nitrogens with zero attached hydrogens (tertiary/aromatic N) is 1. The molecule has 24 heavy (non-hydrogen) atoms. The number of amides is 1. The van der Waals surface area contributed by atoms with Gasteiger partial charge >= 0.3 is 0 Å². The molecule has 3 fully saturated rings. The highest BCUT2D eigenvalue weighted by Gasteiger charge is 2.70. The lowest BCUT2D eigenvalue weighted by atomic mass is 9.72. The average molecular weight is 392 g/mol. The van der Waals surface area contributed by atoms with Crippen molar-refractivity contribution in [1.29, 1.82) is 0 Å². The molecule has 1 aromatic carbocycles. The lowest BCUT2D eigenvalue weighted by Crippen LogP contribution is -2.48. The number of benzene rings is 1. The first-order valence-corrected chi connectivity index (χ1v) is 9.90. The highest BCUT2D eigenvalue weighted by molar-refractivity contribution is 9.10. The van der Waals surface area contributed by atoms with Gasteiger partial charge in [0.15, 0.2) is 0 Å². The van der Waals surface area contributed by atoms with Crippen LogP contribution in [0.2, 0.25) is 0 Å². The van der Waals surface area contributed by atoms with Crippen LogP contribution in [0.4, 0.5) is 0 Å². The summed E-state index contributed by atoms with van der Waals surface area (Å²) < 4.78 is 7.39. The Hall–Kier alpha value is -0.870. The van der Waals surface area contributed by atoms with Crippen molar-refractivity contribution in [3.05, 3.63) is 34.3 Å². The predicted molar refractivity (Wildman–Crippen MR) is 97.4 cm³/mol. The molecule has 1 aromatic rings. The number of hydrogen-bond acceptors (Lipinski definition) is 2. The number of hydrogen-bond donors (Lipinski definition) is 0. The number of ether oxygens (including phenoxy) is 1. The number of rotatable bonds is 3. The quantitative estimate of drug-likeness (QED) is 0.764. The summed E-state index contributed by atoms with van der Waals surface area (Å²) in [7, 11) is 0. The number of halogens is 1. The fraction of sp³-hybridized carbons (Fsp3) is 0.650. The van der Waals surface area contributed by atoms with Gasteiger partial charge in [-0.3, -0.25) is 4.79 Å². The summed E-state index contributed by atoms with van der Waals surface area (Å²) in [6.07, 6.45) is 4.06. The van der Waals surface area contributed by atoms with E-state index in [2.05, 4.69) is 65.9 Å². The summed E-state index contributed by atoms with van der Waals surface area (Å²) in [6.45, 7) is 7.24. The first-order valence-electron chi connectivity index (χ1n) is 9.11. The zero-order valence-corrected chi connectivity index (χ0v) is 16.3. The molecule has 130 valence electrons. The van der Waals surface area contributed by atoms with Gasteiger partial charge < -0.3 is 9.64 Å². The highest BCUT2D eigenvalue weighted by Crippen LogP contribution is 2.61. The van der Waals surface area contributed by atoms with Crippen molar-refractivity contribution in [3.8, 4) is 0 Å². The molecule has 2 heterocycles. The Bertz CT molecular complexity index is 658. The Labute approximate surface area is 152 Å². The normalized spacial score (nSPS) is 38.0. The van der Waals surface area contributed by atoms with E-state index in [1.54, 1.807) is 0 Å². The van der Waals surface area contributed by atoms with Crippen LogP contribution in [0, 0.1) is 17.3 Å². The van der Waals surface area contributed by atoms with E-state index in [9.17, 15) is 4.79 Å². The second kappa shape index (κ2) is 5.57. The molecular weight excluding hydrogens is 366 g/mol. The van der Waals surface area contributed by atoms with Crippen LogP contribution in [-0.4, -0.2) is 29.2 Å². The van der Waals surface area contributed by atoms with Crippen molar-refractivity contribution in [2.45, 2.75) is 58.2 Å². The first-order chi connectivity index (χ1) is 11.4. The van der Waals surface area contributed by atoms with E-state index >= 15 is 0 Å². The van der Waals surface area contributed by atoms with Crippen molar-refractivity contribution in [3.63, 3.8) is 0 Å². The molecule has 1 amide bonds. The maximum absolute atomic E-state index is 13.6. The largest absolute Gasteiger partial charge is 0.353 e. The van der Waals surface area contributed by atoms with Gasteiger partial charge in [-0.15, -0.1) is 0 Å². The highest BCUT2D eigenvalue weighted by atomic mass is 79.9. The molecule has 0 N–H and O–H groups in total. The van der Waals surface area contributed by atoms with Gasteiger partial charge in [0.05, 0.1) is 18.1 Å². The number of carbonyl (C=O) groups excluding carboxylic acids is 1. The van der Waals surface area contributed by atoms with Crippen molar-refractivity contribution in [2.75, 3.05) is 6.61 Å². The van der Waals surface area contributed by atoms with Gasteiger partial charge in [-0.1, -0.05) is 48.3 Å². The Morgan fingerprint density at radius 3 is 2.71 bits per heavy atom. The Kier molecular flexibility index (Phi) is 3.85. The molecule has 0 unspecified atom stereocenters. The lowest BCUT2D eigenvalue weighted by Gasteiger charge is -2.34. The van der Waals surface area contributed by atoms with Crippen LogP contribution in [0.1, 0.15) is 45.6 Å².